The van der Waals surface area contributed by atoms with E-state index in [2.05, 4.69) is 66.7 Å². The number of thioether (sulfide) groups is 1. The van der Waals surface area contributed by atoms with Crippen LogP contribution in [0.1, 0.15) is 64.5 Å². The quantitative estimate of drug-likeness (QED) is 0.402. The smallest absolute Gasteiger partial charge is 0.265 e. The second-order valence-corrected chi connectivity index (χ2v) is 9.63. The second-order valence-electron chi connectivity index (χ2n) is 8.57. The molecule has 2 heterocycles. The molecule has 0 aliphatic heterocycles. The maximum atomic E-state index is 13.8. The van der Waals surface area contributed by atoms with Crippen LogP contribution in [0.3, 0.4) is 0 Å². The minimum absolute atomic E-state index is 0.0475. The molecule has 0 bridgehead atoms. The van der Waals surface area contributed by atoms with Gasteiger partial charge in [0.2, 0.25) is 5.78 Å². The zero-order valence-electron chi connectivity index (χ0n) is 17.9. The molecular formula is C23H30N4OS. The van der Waals surface area contributed by atoms with Crippen LogP contribution in [0.15, 0.2) is 34.2 Å². The van der Waals surface area contributed by atoms with Crippen molar-refractivity contribution < 1.29 is 0 Å². The van der Waals surface area contributed by atoms with Gasteiger partial charge in [0, 0.05) is 28.8 Å². The standard InChI is InChI=1S/C23H30N4OS/c1-5-7-13-26-19-17-12-10-9-11-16(17)15-23(3,4)18(19)20(28)27-21(26)24-25-22(27)29-14-8-6-2/h9-12H,5-8,13-15H2,1-4H3. The highest BCUT2D eigenvalue weighted by atomic mass is 32.2. The molecule has 1 aliphatic rings. The van der Waals surface area contributed by atoms with Crippen LogP contribution >= 0.6 is 11.8 Å². The van der Waals surface area contributed by atoms with E-state index in [0.717, 1.165) is 60.8 Å². The lowest BCUT2D eigenvalue weighted by molar-refractivity contribution is 0.494. The van der Waals surface area contributed by atoms with Crippen LogP contribution < -0.4 is 5.56 Å². The summed E-state index contributed by atoms with van der Waals surface area (Å²) < 4.78 is 4.02. The summed E-state index contributed by atoms with van der Waals surface area (Å²) in [6.45, 7) is 9.59. The van der Waals surface area contributed by atoms with Crippen molar-refractivity contribution in [2.45, 2.75) is 76.9 Å². The van der Waals surface area contributed by atoms with Gasteiger partial charge in [0.15, 0.2) is 5.16 Å². The van der Waals surface area contributed by atoms with Gasteiger partial charge in [-0.05, 0) is 24.8 Å². The summed E-state index contributed by atoms with van der Waals surface area (Å²) in [5, 5.41) is 9.65. The Morgan fingerprint density at radius 2 is 1.86 bits per heavy atom. The van der Waals surface area contributed by atoms with E-state index in [1.807, 2.05) is 0 Å². The van der Waals surface area contributed by atoms with Crippen molar-refractivity contribution in [3.8, 4) is 11.3 Å². The summed E-state index contributed by atoms with van der Waals surface area (Å²) in [5.74, 6) is 1.63. The molecule has 3 aromatic rings. The maximum absolute atomic E-state index is 13.8. The van der Waals surface area contributed by atoms with Crippen LogP contribution in [-0.4, -0.2) is 24.9 Å². The zero-order valence-corrected chi connectivity index (χ0v) is 18.7. The van der Waals surface area contributed by atoms with E-state index in [9.17, 15) is 4.79 Å². The number of hydrogen-bond acceptors (Lipinski definition) is 4. The number of aryl methyl sites for hydroxylation is 1. The summed E-state index contributed by atoms with van der Waals surface area (Å²) in [4.78, 5) is 13.8. The molecule has 0 amide bonds. The molecule has 0 saturated heterocycles. The van der Waals surface area contributed by atoms with Crippen molar-refractivity contribution in [3.05, 3.63) is 45.7 Å². The summed E-state index contributed by atoms with van der Waals surface area (Å²) in [7, 11) is 0. The van der Waals surface area contributed by atoms with Gasteiger partial charge in [0.25, 0.3) is 5.56 Å². The van der Waals surface area contributed by atoms with E-state index in [1.54, 1.807) is 16.2 Å². The molecule has 1 aliphatic carbocycles. The lowest BCUT2D eigenvalue weighted by Gasteiger charge is -2.35. The summed E-state index contributed by atoms with van der Waals surface area (Å²) >= 11 is 1.64. The van der Waals surface area contributed by atoms with Crippen molar-refractivity contribution in [1.82, 2.24) is 19.2 Å². The first-order valence-corrected chi connectivity index (χ1v) is 11.7. The fraction of sp³-hybridized carbons (Fsp3) is 0.522. The van der Waals surface area contributed by atoms with Crippen LogP contribution in [-0.2, 0) is 18.4 Å². The van der Waals surface area contributed by atoms with Gasteiger partial charge >= 0.3 is 0 Å². The topological polar surface area (TPSA) is 52.2 Å². The Balaban J connectivity index is 2.03. The predicted molar refractivity (Wildman–Crippen MR) is 120 cm³/mol. The van der Waals surface area contributed by atoms with E-state index < -0.39 is 0 Å². The van der Waals surface area contributed by atoms with Crippen LogP contribution in [0.2, 0.25) is 0 Å². The largest absolute Gasteiger partial charge is 0.309 e. The molecule has 0 unspecified atom stereocenters. The molecule has 0 fully saturated rings. The number of rotatable bonds is 7. The Hall–Kier alpha value is -2.08. The van der Waals surface area contributed by atoms with Gasteiger partial charge in [-0.1, -0.05) is 76.6 Å². The van der Waals surface area contributed by atoms with Crippen LogP contribution in [0.5, 0.6) is 0 Å². The van der Waals surface area contributed by atoms with E-state index in [0.29, 0.717) is 5.78 Å². The molecule has 0 atom stereocenters. The van der Waals surface area contributed by atoms with Gasteiger partial charge in [0.05, 0.1) is 5.69 Å². The third-order valence-corrected chi connectivity index (χ3v) is 6.84. The number of unbranched alkanes of at least 4 members (excludes halogenated alkanes) is 2. The Morgan fingerprint density at radius 1 is 1.10 bits per heavy atom. The normalized spacial score (nSPS) is 14.8. The highest BCUT2D eigenvalue weighted by molar-refractivity contribution is 7.99. The minimum Gasteiger partial charge on any atom is -0.309 e. The molecule has 0 radical (unpaired) electrons. The SMILES string of the molecule is CCCCSc1nnc2n(CCCC)c3c(c(=O)n12)C(C)(C)Cc1ccccc1-3. The van der Waals surface area contributed by atoms with Crippen molar-refractivity contribution in [2.75, 3.05) is 5.75 Å². The molecule has 4 rings (SSSR count). The number of benzene rings is 1. The third-order valence-electron chi connectivity index (χ3n) is 5.83. The number of hydrogen-bond donors (Lipinski definition) is 0. The van der Waals surface area contributed by atoms with E-state index in [1.165, 1.54) is 11.1 Å². The monoisotopic (exact) mass is 410 g/mol. The van der Waals surface area contributed by atoms with Crippen molar-refractivity contribution in [1.29, 1.82) is 0 Å². The molecule has 5 nitrogen and oxygen atoms in total. The number of fused-ring (bicyclic) bond motifs is 4. The molecule has 0 spiro atoms. The molecule has 2 aromatic heterocycles. The molecule has 0 saturated carbocycles. The highest BCUT2D eigenvalue weighted by Gasteiger charge is 2.37. The second kappa shape index (κ2) is 7.98. The van der Waals surface area contributed by atoms with Crippen molar-refractivity contribution in [3.63, 3.8) is 0 Å². The number of aromatic nitrogens is 4. The number of nitrogens with zero attached hydrogens (tertiary/aromatic N) is 4. The lowest BCUT2D eigenvalue weighted by Crippen LogP contribution is -2.38. The van der Waals surface area contributed by atoms with Gasteiger partial charge in [-0.3, -0.25) is 4.79 Å². The fourth-order valence-corrected chi connectivity index (χ4v) is 5.36. The van der Waals surface area contributed by atoms with E-state index in [-0.39, 0.29) is 11.0 Å². The molecule has 6 heteroatoms. The molecule has 0 N–H and O–H groups in total. The summed E-state index contributed by atoms with van der Waals surface area (Å²) in [6, 6.07) is 8.49. The average molecular weight is 411 g/mol. The van der Waals surface area contributed by atoms with Crippen LogP contribution in [0.4, 0.5) is 0 Å². The van der Waals surface area contributed by atoms with Gasteiger partial charge in [-0.25, -0.2) is 4.40 Å². The summed E-state index contributed by atoms with van der Waals surface area (Å²) in [6.07, 6.45) is 5.23. The molecular weight excluding hydrogens is 380 g/mol. The van der Waals surface area contributed by atoms with Gasteiger partial charge in [0.1, 0.15) is 0 Å². The van der Waals surface area contributed by atoms with Gasteiger partial charge in [-0.2, -0.15) is 0 Å². The maximum Gasteiger partial charge on any atom is 0.265 e. The molecule has 29 heavy (non-hydrogen) atoms. The van der Waals surface area contributed by atoms with Crippen LogP contribution in [0, 0.1) is 0 Å². The Labute approximate surface area is 176 Å². The predicted octanol–water partition coefficient (Wildman–Crippen LogP) is 5.08. The third kappa shape index (κ3) is 3.41. The van der Waals surface area contributed by atoms with Gasteiger partial charge in [-0.15, -0.1) is 10.2 Å². The fourth-order valence-electron chi connectivity index (χ4n) is 4.35. The highest BCUT2D eigenvalue weighted by Crippen LogP contribution is 2.42. The van der Waals surface area contributed by atoms with E-state index in [4.69, 9.17) is 0 Å². The average Bonchev–Trinajstić information content (AvgIpc) is 3.11. The lowest BCUT2D eigenvalue weighted by atomic mass is 9.72. The first-order valence-electron chi connectivity index (χ1n) is 10.7. The van der Waals surface area contributed by atoms with Gasteiger partial charge < -0.3 is 4.57 Å². The Bertz CT molecular complexity index is 1100. The first-order chi connectivity index (χ1) is 14.0. The van der Waals surface area contributed by atoms with Crippen molar-refractivity contribution >= 4 is 17.5 Å². The first kappa shape index (κ1) is 20.2. The van der Waals surface area contributed by atoms with Crippen LogP contribution in [0.25, 0.3) is 17.0 Å². The summed E-state index contributed by atoms with van der Waals surface area (Å²) in [5.41, 5.74) is 4.22. The van der Waals surface area contributed by atoms with E-state index >= 15 is 0 Å². The Morgan fingerprint density at radius 3 is 2.62 bits per heavy atom. The zero-order chi connectivity index (χ0) is 20.6. The minimum atomic E-state index is -0.238. The van der Waals surface area contributed by atoms with Crippen molar-refractivity contribution in [2.24, 2.45) is 0 Å². The molecule has 154 valence electrons. The Kier molecular flexibility index (Phi) is 5.56. The molecule has 1 aromatic carbocycles.